The SMILES string of the molecule is C(=Cc1nnc(-c2ccccc2)s1)c1ccc(Oc2ccc(C=Cc3nnc(-c4ccccc4)s3)cc2)cc1. The fraction of sp³-hybridized carbons (Fsp3) is 0. The predicted molar refractivity (Wildman–Crippen MR) is 162 cm³/mol. The molecule has 39 heavy (non-hydrogen) atoms. The molecule has 0 saturated heterocycles. The lowest BCUT2D eigenvalue weighted by Gasteiger charge is -2.06. The molecule has 7 heteroatoms. The highest BCUT2D eigenvalue weighted by Crippen LogP contribution is 2.27. The lowest BCUT2D eigenvalue weighted by Crippen LogP contribution is -1.84. The van der Waals surface area contributed by atoms with Gasteiger partial charge in [-0.25, -0.2) is 0 Å². The molecule has 188 valence electrons. The highest BCUT2D eigenvalue weighted by Gasteiger charge is 2.05. The number of nitrogens with zero attached hydrogens (tertiary/aromatic N) is 4. The van der Waals surface area contributed by atoms with Crippen molar-refractivity contribution in [2.75, 3.05) is 0 Å². The fourth-order valence-electron chi connectivity index (χ4n) is 3.76. The van der Waals surface area contributed by atoms with Gasteiger partial charge in [-0.05, 0) is 47.5 Å². The van der Waals surface area contributed by atoms with E-state index in [9.17, 15) is 0 Å². The second-order valence-corrected chi connectivity index (χ2v) is 10.5. The van der Waals surface area contributed by atoms with Crippen LogP contribution in [0.25, 0.3) is 45.4 Å². The van der Waals surface area contributed by atoms with Gasteiger partial charge in [0.15, 0.2) is 0 Å². The molecule has 0 fully saturated rings. The van der Waals surface area contributed by atoms with Crippen LogP contribution < -0.4 is 4.74 Å². The average Bonchev–Trinajstić information content (AvgIpc) is 3.68. The van der Waals surface area contributed by atoms with Crippen molar-refractivity contribution < 1.29 is 4.74 Å². The quantitative estimate of drug-likeness (QED) is 0.192. The van der Waals surface area contributed by atoms with Crippen molar-refractivity contribution in [2.45, 2.75) is 0 Å². The molecule has 0 spiro atoms. The van der Waals surface area contributed by atoms with Crippen LogP contribution in [0.2, 0.25) is 0 Å². The second-order valence-electron chi connectivity index (χ2n) is 8.53. The molecule has 5 nitrogen and oxygen atoms in total. The van der Waals surface area contributed by atoms with Gasteiger partial charge in [0, 0.05) is 11.1 Å². The maximum atomic E-state index is 6.03. The van der Waals surface area contributed by atoms with Crippen molar-refractivity contribution in [3.63, 3.8) is 0 Å². The Morgan fingerprint density at radius 2 is 0.846 bits per heavy atom. The van der Waals surface area contributed by atoms with Crippen LogP contribution in [0.1, 0.15) is 21.1 Å². The fourth-order valence-corrected chi connectivity index (χ4v) is 5.27. The molecule has 6 rings (SSSR count). The molecule has 0 N–H and O–H groups in total. The molecular formula is C32H22N4OS2. The first-order valence-electron chi connectivity index (χ1n) is 12.3. The lowest BCUT2D eigenvalue weighted by atomic mass is 10.2. The van der Waals surface area contributed by atoms with Crippen molar-refractivity contribution in [1.82, 2.24) is 20.4 Å². The Kier molecular flexibility index (Phi) is 7.43. The Bertz CT molecular complexity index is 1580. The molecule has 0 aliphatic rings. The minimum Gasteiger partial charge on any atom is -0.457 e. The van der Waals surface area contributed by atoms with E-state index in [4.69, 9.17) is 4.74 Å². The molecule has 6 aromatic rings. The van der Waals surface area contributed by atoms with E-state index in [1.54, 1.807) is 22.7 Å². The summed E-state index contributed by atoms with van der Waals surface area (Å²) in [6.45, 7) is 0. The normalized spacial score (nSPS) is 11.4. The number of benzene rings is 4. The van der Waals surface area contributed by atoms with Crippen LogP contribution in [0, 0.1) is 0 Å². The topological polar surface area (TPSA) is 60.8 Å². The Labute approximate surface area is 234 Å². The molecule has 2 heterocycles. The van der Waals surface area contributed by atoms with E-state index in [0.717, 1.165) is 53.8 Å². The maximum Gasteiger partial charge on any atom is 0.148 e. The summed E-state index contributed by atoms with van der Waals surface area (Å²) in [5.41, 5.74) is 4.28. The summed E-state index contributed by atoms with van der Waals surface area (Å²) < 4.78 is 6.03. The first-order valence-corrected chi connectivity index (χ1v) is 13.9. The lowest BCUT2D eigenvalue weighted by molar-refractivity contribution is 0.482. The van der Waals surface area contributed by atoms with E-state index in [2.05, 4.69) is 20.4 Å². The largest absolute Gasteiger partial charge is 0.457 e. The molecule has 0 unspecified atom stereocenters. The van der Waals surface area contributed by atoms with E-state index in [1.807, 2.05) is 133 Å². The van der Waals surface area contributed by atoms with E-state index in [0.29, 0.717) is 0 Å². The number of hydrogen-bond donors (Lipinski definition) is 0. The molecule has 0 aliphatic carbocycles. The summed E-state index contributed by atoms with van der Waals surface area (Å²) in [7, 11) is 0. The standard InChI is InChI=1S/C32H22N4OS2/c1-3-7-25(8-4-1)31-35-33-29(38-31)21-15-23-11-17-27(18-12-23)37-28-19-13-24(14-20-28)16-22-30-34-36-32(39-30)26-9-5-2-6-10-26/h1-22H. The highest BCUT2D eigenvalue weighted by molar-refractivity contribution is 7.15. The smallest absolute Gasteiger partial charge is 0.148 e. The van der Waals surface area contributed by atoms with Crippen LogP contribution in [0.3, 0.4) is 0 Å². The van der Waals surface area contributed by atoms with E-state index in [-0.39, 0.29) is 0 Å². The molecule has 0 saturated carbocycles. The Morgan fingerprint density at radius 1 is 0.436 bits per heavy atom. The number of aromatic nitrogens is 4. The third-order valence-corrected chi connectivity index (χ3v) is 7.63. The molecule has 4 aromatic carbocycles. The zero-order valence-corrected chi connectivity index (χ0v) is 22.3. The zero-order valence-electron chi connectivity index (χ0n) is 20.7. The Morgan fingerprint density at radius 3 is 1.26 bits per heavy atom. The molecule has 0 bridgehead atoms. The Balaban J connectivity index is 1.04. The summed E-state index contributed by atoms with van der Waals surface area (Å²) in [6.07, 6.45) is 8.02. The van der Waals surface area contributed by atoms with Gasteiger partial charge < -0.3 is 4.74 Å². The van der Waals surface area contributed by atoms with Crippen molar-refractivity contribution in [1.29, 1.82) is 0 Å². The Hall–Kier alpha value is -4.72. The van der Waals surface area contributed by atoms with Crippen LogP contribution in [0.4, 0.5) is 0 Å². The van der Waals surface area contributed by atoms with Gasteiger partial charge in [-0.15, -0.1) is 20.4 Å². The number of ether oxygens (including phenoxy) is 1. The van der Waals surface area contributed by atoms with Gasteiger partial charge >= 0.3 is 0 Å². The van der Waals surface area contributed by atoms with Crippen LogP contribution in [-0.2, 0) is 0 Å². The highest BCUT2D eigenvalue weighted by atomic mass is 32.1. The minimum atomic E-state index is 0.778. The van der Waals surface area contributed by atoms with Gasteiger partial charge in [-0.2, -0.15) is 0 Å². The summed E-state index contributed by atoms with van der Waals surface area (Å²) >= 11 is 3.14. The molecule has 0 atom stereocenters. The molecule has 0 radical (unpaired) electrons. The van der Waals surface area contributed by atoms with E-state index in [1.165, 1.54) is 0 Å². The van der Waals surface area contributed by atoms with Crippen LogP contribution in [0.5, 0.6) is 11.5 Å². The average molecular weight is 543 g/mol. The molecule has 0 aliphatic heterocycles. The summed E-state index contributed by atoms with van der Waals surface area (Å²) in [4.78, 5) is 0. The van der Waals surface area contributed by atoms with Crippen LogP contribution in [0.15, 0.2) is 109 Å². The number of hydrogen-bond acceptors (Lipinski definition) is 7. The van der Waals surface area contributed by atoms with Gasteiger partial charge in [-0.3, -0.25) is 0 Å². The monoisotopic (exact) mass is 542 g/mol. The van der Waals surface area contributed by atoms with Crippen molar-refractivity contribution >= 4 is 47.0 Å². The molecule has 0 amide bonds. The summed E-state index contributed by atoms with van der Waals surface area (Å²) in [5, 5.41) is 20.7. The molecular weight excluding hydrogens is 521 g/mol. The van der Waals surface area contributed by atoms with Crippen molar-refractivity contribution in [2.24, 2.45) is 0 Å². The zero-order chi connectivity index (χ0) is 26.3. The third-order valence-electron chi connectivity index (χ3n) is 5.76. The first-order chi connectivity index (χ1) is 19.3. The van der Waals surface area contributed by atoms with Gasteiger partial charge in [0.05, 0.1) is 0 Å². The van der Waals surface area contributed by atoms with Gasteiger partial charge in [-0.1, -0.05) is 120 Å². The third kappa shape index (κ3) is 6.41. The van der Waals surface area contributed by atoms with Crippen molar-refractivity contribution in [3.8, 4) is 32.6 Å². The van der Waals surface area contributed by atoms with Crippen LogP contribution in [-0.4, -0.2) is 20.4 Å². The summed E-state index contributed by atoms with van der Waals surface area (Å²) in [6, 6.07) is 36.1. The van der Waals surface area contributed by atoms with Gasteiger partial charge in [0.2, 0.25) is 0 Å². The van der Waals surface area contributed by atoms with E-state index < -0.39 is 0 Å². The maximum absolute atomic E-state index is 6.03. The van der Waals surface area contributed by atoms with Gasteiger partial charge in [0.1, 0.15) is 31.5 Å². The minimum absolute atomic E-state index is 0.778. The van der Waals surface area contributed by atoms with E-state index >= 15 is 0 Å². The summed E-state index contributed by atoms with van der Waals surface area (Å²) in [5.74, 6) is 1.56. The first kappa shape index (κ1) is 24.6. The number of rotatable bonds is 8. The van der Waals surface area contributed by atoms with Gasteiger partial charge in [0.25, 0.3) is 0 Å². The second kappa shape index (κ2) is 11.8. The molecule has 2 aromatic heterocycles. The predicted octanol–water partition coefficient (Wildman–Crippen LogP) is 8.86. The van der Waals surface area contributed by atoms with Crippen LogP contribution >= 0.6 is 22.7 Å². The van der Waals surface area contributed by atoms with Crippen molar-refractivity contribution in [3.05, 3.63) is 130 Å².